The standard InChI is InChI=1S/C23H25F3O2/c1-5-15(2)7-6-8-20-17(4)21(13-16(3)22(20)14-27)18-9-11-19(12-10-18)28-23(24,25)26/h6-13,27H,5,14H2,1-4H3/b8-6-,15-7+. The molecule has 0 radical (unpaired) electrons. The van der Waals surface area contributed by atoms with Gasteiger partial charge in [-0.3, -0.25) is 0 Å². The van der Waals surface area contributed by atoms with Crippen molar-refractivity contribution in [1.82, 2.24) is 0 Å². The lowest BCUT2D eigenvalue weighted by Crippen LogP contribution is -2.16. The summed E-state index contributed by atoms with van der Waals surface area (Å²) in [6, 6.07) is 7.78. The largest absolute Gasteiger partial charge is 0.573 e. The zero-order valence-corrected chi connectivity index (χ0v) is 16.5. The van der Waals surface area contributed by atoms with Gasteiger partial charge in [-0.1, -0.05) is 48.9 Å². The van der Waals surface area contributed by atoms with Crippen LogP contribution < -0.4 is 4.74 Å². The van der Waals surface area contributed by atoms with Gasteiger partial charge in [0, 0.05) is 0 Å². The predicted octanol–water partition coefficient (Wildman–Crippen LogP) is 6.73. The van der Waals surface area contributed by atoms with Gasteiger partial charge in [0.05, 0.1) is 6.61 Å². The zero-order valence-electron chi connectivity index (χ0n) is 16.5. The topological polar surface area (TPSA) is 29.5 Å². The van der Waals surface area contributed by atoms with Crippen molar-refractivity contribution in [3.05, 3.63) is 70.3 Å². The minimum Gasteiger partial charge on any atom is -0.406 e. The summed E-state index contributed by atoms with van der Waals surface area (Å²) in [6.07, 6.45) is 2.22. The molecular weight excluding hydrogens is 365 g/mol. The average Bonchev–Trinajstić information content (AvgIpc) is 2.63. The Balaban J connectivity index is 2.48. The van der Waals surface area contributed by atoms with Gasteiger partial charge in [-0.25, -0.2) is 0 Å². The van der Waals surface area contributed by atoms with Crippen LogP contribution in [0.15, 0.2) is 48.1 Å². The maximum absolute atomic E-state index is 12.4. The molecule has 0 aliphatic carbocycles. The maximum Gasteiger partial charge on any atom is 0.573 e. The summed E-state index contributed by atoms with van der Waals surface area (Å²) in [5, 5.41) is 9.81. The Hall–Kier alpha value is -2.53. The third-order valence-electron chi connectivity index (χ3n) is 4.73. The average molecular weight is 390 g/mol. The van der Waals surface area contributed by atoms with Gasteiger partial charge < -0.3 is 9.84 Å². The lowest BCUT2D eigenvalue weighted by atomic mass is 9.89. The predicted molar refractivity (Wildman–Crippen MR) is 107 cm³/mol. The number of benzene rings is 2. The van der Waals surface area contributed by atoms with Crippen LogP contribution in [0.1, 0.15) is 42.5 Å². The highest BCUT2D eigenvalue weighted by atomic mass is 19.4. The van der Waals surface area contributed by atoms with Crippen molar-refractivity contribution >= 4 is 6.08 Å². The van der Waals surface area contributed by atoms with E-state index >= 15 is 0 Å². The molecule has 2 aromatic carbocycles. The summed E-state index contributed by atoms with van der Waals surface area (Å²) in [5.41, 5.74) is 6.59. The minimum atomic E-state index is -4.71. The molecular formula is C23H25F3O2. The fourth-order valence-corrected chi connectivity index (χ4v) is 2.99. The van der Waals surface area contributed by atoms with Crippen LogP contribution in [-0.2, 0) is 6.61 Å². The molecule has 0 amide bonds. The van der Waals surface area contributed by atoms with E-state index in [1.807, 2.05) is 38.1 Å². The van der Waals surface area contributed by atoms with Gasteiger partial charge in [0.2, 0.25) is 0 Å². The first-order valence-corrected chi connectivity index (χ1v) is 9.10. The van der Waals surface area contributed by atoms with E-state index in [0.29, 0.717) is 0 Å². The molecule has 2 aromatic rings. The maximum atomic E-state index is 12.4. The highest BCUT2D eigenvalue weighted by molar-refractivity contribution is 5.76. The van der Waals surface area contributed by atoms with E-state index < -0.39 is 6.36 Å². The van der Waals surface area contributed by atoms with E-state index in [1.54, 1.807) is 12.1 Å². The molecule has 0 heterocycles. The van der Waals surface area contributed by atoms with Crippen LogP contribution in [-0.4, -0.2) is 11.5 Å². The lowest BCUT2D eigenvalue weighted by Gasteiger charge is -2.17. The van der Waals surface area contributed by atoms with Crippen molar-refractivity contribution in [1.29, 1.82) is 0 Å². The minimum absolute atomic E-state index is 0.0819. The molecule has 2 nitrogen and oxygen atoms in total. The van der Waals surface area contributed by atoms with Crippen LogP contribution in [0, 0.1) is 13.8 Å². The van der Waals surface area contributed by atoms with E-state index in [9.17, 15) is 18.3 Å². The molecule has 0 fully saturated rings. The summed E-state index contributed by atoms with van der Waals surface area (Å²) in [4.78, 5) is 0. The second kappa shape index (κ2) is 9.11. The van der Waals surface area contributed by atoms with Gasteiger partial charge in [0.15, 0.2) is 0 Å². The van der Waals surface area contributed by atoms with Crippen molar-refractivity contribution < 1.29 is 23.0 Å². The molecule has 2 rings (SSSR count). The molecule has 0 saturated heterocycles. The van der Waals surface area contributed by atoms with Gasteiger partial charge in [0.25, 0.3) is 0 Å². The first kappa shape index (κ1) is 21.8. The van der Waals surface area contributed by atoms with E-state index in [2.05, 4.69) is 18.6 Å². The quantitative estimate of drug-likeness (QED) is 0.554. The van der Waals surface area contributed by atoms with Crippen LogP contribution in [0.5, 0.6) is 5.75 Å². The summed E-state index contributed by atoms with van der Waals surface area (Å²) in [5.74, 6) is -0.252. The van der Waals surface area contributed by atoms with Crippen molar-refractivity contribution in [2.45, 2.75) is 47.1 Å². The Morgan fingerprint density at radius 1 is 1.14 bits per heavy atom. The fourth-order valence-electron chi connectivity index (χ4n) is 2.99. The van der Waals surface area contributed by atoms with E-state index in [0.717, 1.165) is 39.8 Å². The number of aliphatic hydroxyl groups excluding tert-OH is 1. The van der Waals surface area contributed by atoms with Crippen LogP contribution in [0.25, 0.3) is 17.2 Å². The Morgan fingerprint density at radius 3 is 2.32 bits per heavy atom. The molecule has 28 heavy (non-hydrogen) atoms. The molecule has 1 N–H and O–H groups in total. The SMILES string of the molecule is CC/C(C)=C/C=C\c1c(C)c(-c2ccc(OC(F)(F)F)cc2)cc(C)c1CO. The summed E-state index contributed by atoms with van der Waals surface area (Å²) in [7, 11) is 0. The number of hydrogen-bond acceptors (Lipinski definition) is 2. The number of aliphatic hydroxyl groups is 1. The molecule has 150 valence electrons. The Kier molecular flexibility index (Phi) is 7.08. The van der Waals surface area contributed by atoms with Crippen molar-refractivity contribution in [2.24, 2.45) is 0 Å². The van der Waals surface area contributed by atoms with Crippen molar-refractivity contribution in [2.75, 3.05) is 0 Å². The Labute approximate surface area is 164 Å². The van der Waals surface area contributed by atoms with Gasteiger partial charge >= 0.3 is 6.36 Å². The Morgan fingerprint density at radius 2 is 1.79 bits per heavy atom. The monoisotopic (exact) mass is 390 g/mol. The Bertz CT molecular complexity index is 876. The number of allylic oxidation sites excluding steroid dienone is 3. The van der Waals surface area contributed by atoms with E-state index in [4.69, 9.17) is 0 Å². The number of aryl methyl sites for hydroxylation is 1. The summed E-state index contributed by atoms with van der Waals surface area (Å²) < 4.78 is 41.0. The molecule has 0 aliphatic rings. The highest BCUT2D eigenvalue weighted by Crippen LogP contribution is 2.33. The molecule has 0 aromatic heterocycles. The van der Waals surface area contributed by atoms with Crippen molar-refractivity contribution in [3.8, 4) is 16.9 Å². The van der Waals surface area contributed by atoms with Crippen LogP contribution in [0.2, 0.25) is 0 Å². The number of rotatable bonds is 6. The molecule has 0 spiro atoms. The first-order valence-electron chi connectivity index (χ1n) is 9.10. The van der Waals surface area contributed by atoms with Gasteiger partial charge in [-0.2, -0.15) is 0 Å². The summed E-state index contributed by atoms with van der Waals surface area (Å²) in [6.45, 7) is 7.92. The summed E-state index contributed by atoms with van der Waals surface area (Å²) >= 11 is 0. The third kappa shape index (κ3) is 5.49. The number of ether oxygens (including phenoxy) is 1. The normalized spacial score (nSPS) is 12.6. The van der Waals surface area contributed by atoms with Gasteiger partial charge in [-0.15, -0.1) is 13.2 Å². The molecule has 0 aliphatic heterocycles. The smallest absolute Gasteiger partial charge is 0.406 e. The third-order valence-corrected chi connectivity index (χ3v) is 4.73. The van der Waals surface area contributed by atoms with E-state index in [-0.39, 0.29) is 12.4 Å². The van der Waals surface area contributed by atoms with Crippen molar-refractivity contribution in [3.63, 3.8) is 0 Å². The molecule has 0 unspecified atom stereocenters. The first-order chi connectivity index (χ1) is 13.2. The fraction of sp³-hybridized carbons (Fsp3) is 0.304. The second-order valence-corrected chi connectivity index (χ2v) is 6.71. The van der Waals surface area contributed by atoms with Gasteiger partial charge in [-0.05, 0) is 72.7 Å². The number of alkyl halides is 3. The lowest BCUT2D eigenvalue weighted by molar-refractivity contribution is -0.274. The molecule has 0 saturated carbocycles. The molecule has 5 heteroatoms. The van der Waals surface area contributed by atoms with Crippen LogP contribution in [0.4, 0.5) is 13.2 Å². The second-order valence-electron chi connectivity index (χ2n) is 6.71. The van der Waals surface area contributed by atoms with Crippen LogP contribution in [0.3, 0.4) is 0 Å². The van der Waals surface area contributed by atoms with Crippen LogP contribution >= 0.6 is 0 Å². The highest BCUT2D eigenvalue weighted by Gasteiger charge is 2.31. The number of hydrogen-bond donors (Lipinski definition) is 1. The molecule has 0 bridgehead atoms. The van der Waals surface area contributed by atoms with Gasteiger partial charge in [0.1, 0.15) is 5.75 Å². The molecule has 0 atom stereocenters. The van der Waals surface area contributed by atoms with E-state index in [1.165, 1.54) is 17.7 Å². The number of halogens is 3. The zero-order chi connectivity index (χ0) is 20.9.